The van der Waals surface area contributed by atoms with Gasteiger partial charge in [-0.3, -0.25) is 0 Å². The molecule has 0 aliphatic heterocycles. The molecule has 1 amide bonds. The average Bonchev–Trinajstić information content (AvgIpc) is 2.41. The van der Waals surface area contributed by atoms with Gasteiger partial charge in [0.2, 0.25) is 0 Å². The third-order valence-electron chi connectivity index (χ3n) is 4.31. The fraction of sp³-hybridized carbons (Fsp3) is 0.941. The lowest BCUT2D eigenvalue weighted by molar-refractivity contribution is 0.0516. The molecule has 0 aromatic rings. The van der Waals surface area contributed by atoms with Crippen LogP contribution in [0.5, 0.6) is 0 Å². The normalized spacial score (nSPS) is 24.1. The van der Waals surface area contributed by atoms with E-state index in [9.17, 15) is 4.79 Å². The first-order chi connectivity index (χ1) is 10.2. The maximum absolute atomic E-state index is 11.8. The predicted molar refractivity (Wildman–Crippen MR) is 90.8 cm³/mol. The maximum atomic E-state index is 11.8. The molecule has 1 rings (SSSR count). The van der Waals surface area contributed by atoms with Gasteiger partial charge in [0, 0.05) is 18.6 Å². The Bertz CT molecular complexity index is 339. The lowest BCUT2D eigenvalue weighted by atomic mass is 9.83. The third-order valence-corrected chi connectivity index (χ3v) is 4.31. The van der Waals surface area contributed by atoms with Gasteiger partial charge in [-0.25, -0.2) is 4.79 Å². The number of nitrogens with two attached hydrogens (primary N) is 1. The first kappa shape index (κ1) is 19.2. The van der Waals surface area contributed by atoms with Crippen molar-refractivity contribution in [3.05, 3.63) is 0 Å². The van der Waals surface area contributed by atoms with E-state index in [1.165, 1.54) is 25.7 Å². The Morgan fingerprint density at radius 3 is 2.45 bits per heavy atom. The van der Waals surface area contributed by atoms with Crippen LogP contribution in [0.15, 0.2) is 0 Å². The molecule has 1 aliphatic carbocycles. The van der Waals surface area contributed by atoms with Gasteiger partial charge in [0.15, 0.2) is 0 Å². The molecule has 1 saturated carbocycles. The summed E-state index contributed by atoms with van der Waals surface area (Å²) in [7, 11) is 0. The standard InChI is InChI=1S/C17H35N3O2/c1-12(2)15(11-19-16(21)22-17(3,4)5)20-14-9-7-6-8-13(14)10-18/h12-15,20H,6-11,18H2,1-5H3,(H,19,21). The van der Waals surface area contributed by atoms with Crippen molar-refractivity contribution < 1.29 is 9.53 Å². The summed E-state index contributed by atoms with van der Waals surface area (Å²) in [6.07, 6.45) is 4.58. The van der Waals surface area contributed by atoms with Crippen molar-refractivity contribution in [1.82, 2.24) is 10.6 Å². The van der Waals surface area contributed by atoms with E-state index in [4.69, 9.17) is 10.5 Å². The minimum atomic E-state index is -0.459. The molecular formula is C17H35N3O2. The largest absolute Gasteiger partial charge is 0.444 e. The molecule has 0 spiro atoms. The zero-order valence-corrected chi connectivity index (χ0v) is 14.9. The molecule has 130 valence electrons. The summed E-state index contributed by atoms with van der Waals surface area (Å²) in [4.78, 5) is 11.8. The zero-order valence-electron chi connectivity index (χ0n) is 14.9. The minimum absolute atomic E-state index is 0.240. The predicted octanol–water partition coefficient (Wildman–Crippen LogP) is 2.64. The number of nitrogens with one attached hydrogen (secondary N) is 2. The molecule has 5 heteroatoms. The van der Waals surface area contributed by atoms with Crippen molar-refractivity contribution in [3.63, 3.8) is 0 Å². The Labute approximate surface area is 135 Å². The number of rotatable bonds is 6. The molecule has 1 aliphatic rings. The first-order valence-corrected chi connectivity index (χ1v) is 8.66. The van der Waals surface area contributed by atoms with Crippen LogP contribution >= 0.6 is 0 Å². The molecule has 0 saturated heterocycles. The summed E-state index contributed by atoms with van der Waals surface area (Å²) in [5.41, 5.74) is 5.45. The van der Waals surface area contributed by atoms with E-state index in [2.05, 4.69) is 24.5 Å². The van der Waals surface area contributed by atoms with Gasteiger partial charge >= 0.3 is 6.09 Å². The number of carbonyl (C=O) groups is 1. The van der Waals surface area contributed by atoms with Crippen LogP contribution in [0.2, 0.25) is 0 Å². The van der Waals surface area contributed by atoms with Crippen LogP contribution in [0.25, 0.3) is 0 Å². The molecule has 4 N–H and O–H groups in total. The highest BCUT2D eigenvalue weighted by atomic mass is 16.6. The number of hydrogen-bond acceptors (Lipinski definition) is 4. The van der Waals surface area contributed by atoms with Gasteiger partial charge in [-0.2, -0.15) is 0 Å². The van der Waals surface area contributed by atoms with Crippen LogP contribution in [0, 0.1) is 11.8 Å². The van der Waals surface area contributed by atoms with Crippen molar-refractivity contribution in [3.8, 4) is 0 Å². The van der Waals surface area contributed by atoms with Gasteiger partial charge in [-0.05, 0) is 52.0 Å². The van der Waals surface area contributed by atoms with Crippen LogP contribution in [0.4, 0.5) is 4.79 Å². The van der Waals surface area contributed by atoms with Crippen LogP contribution in [-0.4, -0.2) is 36.9 Å². The summed E-state index contributed by atoms with van der Waals surface area (Å²) < 4.78 is 5.30. The van der Waals surface area contributed by atoms with E-state index in [1.807, 2.05) is 20.8 Å². The molecule has 0 aromatic carbocycles. The number of amides is 1. The molecule has 0 aromatic heterocycles. The van der Waals surface area contributed by atoms with E-state index < -0.39 is 5.60 Å². The van der Waals surface area contributed by atoms with E-state index in [0.717, 1.165) is 6.54 Å². The Morgan fingerprint density at radius 2 is 1.91 bits per heavy atom. The number of carbonyl (C=O) groups excluding carboxylic acids is 1. The van der Waals surface area contributed by atoms with Gasteiger partial charge in [0.1, 0.15) is 5.60 Å². The van der Waals surface area contributed by atoms with Crippen LogP contribution in [0.1, 0.15) is 60.3 Å². The quantitative estimate of drug-likeness (QED) is 0.704. The van der Waals surface area contributed by atoms with E-state index in [-0.39, 0.29) is 12.1 Å². The first-order valence-electron chi connectivity index (χ1n) is 8.66. The Morgan fingerprint density at radius 1 is 1.27 bits per heavy atom. The highest BCUT2D eigenvalue weighted by molar-refractivity contribution is 5.67. The summed E-state index contributed by atoms with van der Waals surface area (Å²) in [6.45, 7) is 11.3. The number of ether oxygens (including phenoxy) is 1. The van der Waals surface area contributed by atoms with Gasteiger partial charge in [0.05, 0.1) is 0 Å². The van der Waals surface area contributed by atoms with E-state index in [0.29, 0.717) is 24.4 Å². The van der Waals surface area contributed by atoms with E-state index >= 15 is 0 Å². The Hall–Kier alpha value is -0.810. The topological polar surface area (TPSA) is 76.4 Å². The smallest absolute Gasteiger partial charge is 0.407 e. The van der Waals surface area contributed by atoms with E-state index in [1.54, 1.807) is 0 Å². The van der Waals surface area contributed by atoms with Crippen molar-refractivity contribution in [2.75, 3.05) is 13.1 Å². The maximum Gasteiger partial charge on any atom is 0.407 e. The summed E-state index contributed by atoms with van der Waals surface area (Å²) >= 11 is 0. The lowest BCUT2D eigenvalue weighted by Crippen LogP contribution is -2.52. The fourth-order valence-corrected chi connectivity index (χ4v) is 2.98. The summed E-state index contributed by atoms with van der Waals surface area (Å²) in [5, 5.41) is 6.61. The van der Waals surface area contributed by atoms with Crippen molar-refractivity contribution in [2.45, 2.75) is 78.0 Å². The third kappa shape index (κ3) is 6.97. The van der Waals surface area contributed by atoms with Crippen LogP contribution < -0.4 is 16.4 Å². The highest BCUT2D eigenvalue weighted by Gasteiger charge is 2.27. The van der Waals surface area contributed by atoms with Crippen LogP contribution in [0.3, 0.4) is 0 Å². The second kappa shape index (κ2) is 8.73. The van der Waals surface area contributed by atoms with Gasteiger partial charge in [-0.1, -0.05) is 26.7 Å². The molecule has 5 nitrogen and oxygen atoms in total. The second-order valence-electron chi connectivity index (χ2n) is 7.79. The second-order valence-corrected chi connectivity index (χ2v) is 7.79. The van der Waals surface area contributed by atoms with Gasteiger partial charge in [-0.15, -0.1) is 0 Å². The number of hydrogen-bond donors (Lipinski definition) is 3. The fourth-order valence-electron chi connectivity index (χ4n) is 2.98. The molecule has 0 heterocycles. The summed E-state index contributed by atoms with van der Waals surface area (Å²) in [6, 6.07) is 0.705. The Kier molecular flexibility index (Phi) is 7.63. The lowest BCUT2D eigenvalue weighted by Gasteiger charge is -2.36. The van der Waals surface area contributed by atoms with Crippen LogP contribution in [-0.2, 0) is 4.74 Å². The molecule has 3 unspecified atom stereocenters. The molecule has 0 bridgehead atoms. The monoisotopic (exact) mass is 313 g/mol. The van der Waals surface area contributed by atoms with Crippen molar-refractivity contribution in [2.24, 2.45) is 17.6 Å². The van der Waals surface area contributed by atoms with Gasteiger partial charge < -0.3 is 21.1 Å². The molecule has 3 atom stereocenters. The Balaban J connectivity index is 2.49. The molecule has 1 fully saturated rings. The van der Waals surface area contributed by atoms with Crippen molar-refractivity contribution in [1.29, 1.82) is 0 Å². The zero-order chi connectivity index (χ0) is 16.8. The highest BCUT2D eigenvalue weighted by Crippen LogP contribution is 2.24. The van der Waals surface area contributed by atoms with Crippen molar-refractivity contribution >= 4 is 6.09 Å². The number of alkyl carbamates (subject to hydrolysis) is 1. The SMILES string of the molecule is CC(C)C(CNC(=O)OC(C)(C)C)NC1CCCCC1CN. The van der Waals surface area contributed by atoms with Gasteiger partial charge in [0.25, 0.3) is 0 Å². The molecule has 22 heavy (non-hydrogen) atoms. The minimum Gasteiger partial charge on any atom is -0.444 e. The molecule has 0 radical (unpaired) electrons. The average molecular weight is 313 g/mol. The molecular weight excluding hydrogens is 278 g/mol. The summed E-state index contributed by atoms with van der Waals surface area (Å²) in [5.74, 6) is 0.992.